The zero-order valence-corrected chi connectivity index (χ0v) is 12.4. The molecule has 1 aliphatic heterocycles. The maximum Gasteiger partial charge on any atom is 0.372 e. The van der Waals surface area contributed by atoms with Gasteiger partial charge in [-0.15, -0.1) is 0 Å². The van der Waals surface area contributed by atoms with Crippen molar-refractivity contribution in [3.63, 3.8) is 0 Å². The van der Waals surface area contributed by atoms with Crippen LogP contribution in [-0.4, -0.2) is 40.1 Å². The van der Waals surface area contributed by atoms with Crippen molar-refractivity contribution >= 4 is 34.5 Å². The zero-order chi connectivity index (χ0) is 15.8. The first kappa shape index (κ1) is 16.9. The van der Waals surface area contributed by atoms with Crippen molar-refractivity contribution < 1.29 is 19.5 Å². The highest BCUT2D eigenvalue weighted by atomic mass is 32.2. The van der Waals surface area contributed by atoms with Crippen molar-refractivity contribution in [2.24, 2.45) is 10.7 Å². The largest absolute Gasteiger partial charge is 0.475 e. The van der Waals surface area contributed by atoms with Gasteiger partial charge in [-0.25, -0.2) is 4.79 Å². The first-order valence-corrected chi connectivity index (χ1v) is 7.17. The normalized spacial score (nSPS) is 12.9. The molecule has 7 heteroatoms. The minimum absolute atomic E-state index is 0.357. The van der Waals surface area contributed by atoms with E-state index >= 15 is 0 Å². The molecule has 0 saturated carbocycles. The Morgan fingerprint density at radius 3 is 2.29 bits per heavy atom. The summed E-state index contributed by atoms with van der Waals surface area (Å²) < 4.78 is 0. The van der Waals surface area contributed by atoms with Crippen LogP contribution in [0.5, 0.6) is 0 Å². The molecule has 1 aromatic carbocycles. The van der Waals surface area contributed by atoms with E-state index in [0.717, 1.165) is 23.0 Å². The van der Waals surface area contributed by atoms with Gasteiger partial charge >= 0.3 is 5.97 Å². The minimum Gasteiger partial charge on any atom is -0.475 e. The van der Waals surface area contributed by atoms with Gasteiger partial charge in [0.2, 0.25) is 5.78 Å². The second-order valence-corrected chi connectivity index (χ2v) is 5.38. The predicted molar refractivity (Wildman–Crippen MR) is 81.7 cm³/mol. The molecular weight excluding hydrogens is 292 g/mol. The van der Waals surface area contributed by atoms with Gasteiger partial charge in [0.1, 0.15) is 0 Å². The van der Waals surface area contributed by atoms with Gasteiger partial charge in [-0.2, -0.15) is 0 Å². The maximum atomic E-state index is 11.4. The number of aliphatic imine (C=N–C) groups is 1. The summed E-state index contributed by atoms with van der Waals surface area (Å²) in [5.74, 6) is -2.05. The summed E-state index contributed by atoms with van der Waals surface area (Å²) >= 11 is 1.62. The van der Waals surface area contributed by atoms with E-state index in [1.165, 1.54) is 0 Å². The number of nitrogens with zero attached hydrogens (tertiary/aromatic N) is 1. The average molecular weight is 308 g/mol. The molecule has 0 aromatic heterocycles. The molecule has 0 saturated heterocycles. The quantitative estimate of drug-likeness (QED) is 0.492. The third kappa shape index (κ3) is 6.22. The molecule has 1 aromatic rings. The number of Topliss-reactive ketones (excluding diaryl/α,β-unsaturated/α-hetero) is 2. The Morgan fingerprint density at radius 2 is 1.90 bits per heavy atom. The molecule has 0 aliphatic carbocycles. The summed E-state index contributed by atoms with van der Waals surface area (Å²) in [5.41, 5.74) is 6.60. The van der Waals surface area contributed by atoms with Crippen LogP contribution in [0.4, 0.5) is 0 Å². The van der Waals surface area contributed by atoms with Gasteiger partial charge in [-0.3, -0.25) is 14.6 Å². The molecule has 21 heavy (non-hydrogen) atoms. The lowest BCUT2D eigenvalue weighted by atomic mass is 10.0. The number of amidine groups is 1. The number of carboxylic acid groups (broad SMARTS) is 1. The molecule has 6 nitrogen and oxygen atoms in total. The van der Waals surface area contributed by atoms with Crippen LogP contribution in [0.25, 0.3) is 0 Å². The predicted octanol–water partition coefficient (Wildman–Crippen LogP) is 1.27. The summed E-state index contributed by atoms with van der Waals surface area (Å²) in [5, 5.41) is 9.07. The number of carboxylic acids is 1. The van der Waals surface area contributed by atoms with Gasteiger partial charge in [0.05, 0.1) is 13.0 Å². The van der Waals surface area contributed by atoms with E-state index in [2.05, 4.69) is 4.99 Å². The van der Waals surface area contributed by atoms with Crippen LogP contribution in [0.2, 0.25) is 0 Å². The third-order valence-corrected chi connectivity index (χ3v) is 3.35. The molecule has 0 bridgehead atoms. The van der Waals surface area contributed by atoms with Gasteiger partial charge < -0.3 is 10.8 Å². The number of hydrogen-bond acceptors (Lipinski definition) is 6. The number of aliphatic carboxylic acids is 1. The molecule has 0 radical (unpaired) electrons. The maximum absolute atomic E-state index is 11.4. The van der Waals surface area contributed by atoms with Crippen LogP contribution in [-0.2, 0) is 9.59 Å². The van der Waals surface area contributed by atoms with Gasteiger partial charge in [0.25, 0.3) is 0 Å². The number of carbonyl (C=O) groups excluding carboxylic acids is 2. The minimum atomic E-state index is -1.57. The van der Waals surface area contributed by atoms with E-state index in [4.69, 9.17) is 10.8 Å². The highest BCUT2D eigenvalue weighted by molar-refractivity contribution is 8.14. The molecule has 0 spiro atoms. The molecule has 0 amide bonds. The number of thioether (sulfide) groups is 1. The van der Waals surface area contributed by atoms with Crippen LogP contribution in [0.15, 0.2) is 29.3 Å². The molecule has 3 N–H and O–H groups in total. The standard InChI is InChI=1S/C11H10O4.C3H6N2S/c1-7-2-4-8(5-3-7)9(12)6-10(13)11(14)15;4-3-5-1-2-6-3/h2-5H,6H2,1H3,(H,14,15);1-2H2,(H2,4,5). The monoisotopic (exact) mass is 308 g/mol. The Bertz CT molecular complexity index is 567. The summed E-state index contributed by atoms with van der Waals surface area (Å²) in [6.07, 6.45) is -0.585. The van der Waals surface area contributed by atoms with E-state index in [1.54, 1.807) is 36.0 Å². The topological polar surface area (TPSA) is 110 Å². The highest BCUT2D eigenvalue weighted by Gasteiger charge is 2.17. The van der Waals surface area contributed by atoms with Crippen molar-refractivity contribution in [3.8, 4) is 0 Å². The van der Waals surface area contributed by atoms with E-state index < -0.39 is 24.0 Å². The van der Waals surface area contributed by atoms with E-state index in [9.17, 15) is 14.4 Å². The highest BCUT2D eigenvalue weighted by Crippen LogP contribution is 2.06. The Morgan fingerprint density at radius 1 is 1.29 bits per heavy atom. The fraction of sp³-hybridized carbons (Fsp3) is 0.286. The Balaban J connectivity index is 0.000000304. The fourth-order valence-electron chi connectivity index (χ4n) is 1.41. The number of benzene rings is 1. The molecule has 0 unspecified atom stereocenters. The van der Waals surface area contributed by atoms with Crippen molar-refractivity contribution in [1.82, 2.24) is 0 Å². The van der Waals surface area contributed by atoms with Gasteiger partial charge in [0.15, 0.2) is 11.0 Å². The molecule has 1 aliphatic rings. The van der Waals surface area contributed by atoms with E-state index in [0.29, 0.717) is 5.56 Å². The molecule has 1 heterocycles. The molecule has 0 fully saturated rings. The SMILES string of the molecule is Cc1ccc(C(=O)CC(=O)C(=O)O)cc1.NC1=NCCS1. The summed E-state index contributed by atoms with van der Waals surface area (Å²) in [4.78, 5) is 36.3. The summed E-state index contributed by atoms with van der Waals surface area (Å²) in [7, 11) is 0. The Hall–Kier alpha value is -2.15. The Labute approximate surface area is 126 Å². The number of carbonyl (C=O) groups is 3. The van der Waals surface area contributed by atoms with Crippen molar-refractivity contribution in [3.05, 3.63) is 35.4 Å². The van der Waals surface area contributed by atoms with Crippen LogP contribution < -0.4 is 5.73 Å². The summed E-state index contributed by atoms with van der Waals surface area (Å²) in [6, 6.07) is 6.62. The van der Waals surface area contributed by atoms with Gasteiger partial charge in [-0.05, 0) is 6.92 Å². The average Bonchev–Trinajstić information content (AvgIpc) is 2.91. The lowest BCUT2D eigenvalue weighted by Crippen LogP contribution is -2.17. The first-order chi connectivity index (χ1) is 9.90. The lowest BCUT2D eigenvalue weighted by molar-refractivity contribution is -0.148. The van der Waals surface area contributed by atoms with E-state index in [-0.39, 0.29) is 0 Å². The number of rotatable bonds is 4. The van der Waals surface area contributed by atoms with E-state index in [1.807, 2.05) is 6.92 Å². The van der Waals surface area contributed by atoms with Gasteiger partial charge in [-0.1, -0.05) is 41.6 Å². The molecular formula is C14H16N2O4S. The number of aryl methyl sites for hydroxylation is 1. The fourth-order valence-corrected chi connectivity index (χ4v) is 1.99. The molecule has 112 valence electrons. The van der Waals surface area contributed by atoms with Crippen molar-refractivity contribution in [2.45, 2.75) is 13.3 Å². The van der Waals surface area contributed by atoms with Crippen LogP contribution in [0.1, 0.15) is 22.3 Å². The van der Waals surface area contributed by atoms with Crippen LogP contribution >= 0.6 is 11.8 Å². The van der Waals surface area contributed by atoms with Crippen LogP contribution in [0.3, 0.4) is 0 Å². The van der Waals surface area contributed by atoms with Gasteiger partial charge in [0, 0.05) is 11.3 Å². The Kier molecular flexibility index (Phi) is 6.61. The summed E-state index contributed by atoms with van der Waals surface area (Å²) in [6.45, 7) is 2.78. The second kappa shape index (κ2) is 8.21. The number of nitrogens with two attached hydrogens (primary N) is 1. The van der Waals surface area contributed by atoms with Crippen molar-refractivity contribution in [1.29, 1.82) is 0 Å². The molecule has 0 atom stereocenters. The number of hydrogen-bond donors (Lipinski definition) is 2. The third-order valence-electron chi connectivity index (χ3n) is 2.54. The van der Waals surface area contributed by atoms with Crippen molar-refractivity contribution in [2.75, 3.05) is 12.3 Å². The van der Waals surface area contributed by atoms with Crippen LogP contribution in [0, 0.1) is 6.92 Å². The number of ketones is 2. The smallest absolute Gasteiger partial charge is 0.372 e. The molecule has 2 rings (SSSR count). The lowest BCUT2D eigenvalue weighted by Gasteiger charge is -1.98. The first-order valence-electron chi connectivity index (χ1n) is 6.19. The second-order valence-electron chi connectivity index (χ2n) is 4.26. The zero-order valence-electron chi connectivity index (χ0n) is 11.5.